The molecule has 13 heavy (non-hydrogen) atoms. The second-order valence-electron chi connectivity index (χ2n) is 4.36. The van der Waals surface area contributed by atoms with Gasteiger partial charge in [0.05, 0.1) is 18.3 Å². The molecule has 1 rings (SSSR count). The molecule has 0 aromatic rings. The third-order valence-electron chi connectivity index (χ3n) is 2.72. The number of hydrogen-bond acceptors (Lipinski definition) is 3. The van der Waals surface area contributed by atoms with Crippen LogP contribution >= 0.6 is 0 Å². The topological polar surface area (TPSA) is 32.7 Å². The van der Waals surface area contributed by atoms with Crippen molar-refractivity contribution in [2.75, 3.05) is 26.2 Å². The molecule has 0 spiro atoms. The molecular formula is C10H21NO2. The monoisotopic (exact) mass is 187 g/mol. The van der Waals surface area contributed by atoms with E-state index in [9.17, 15) is 5.11 Å². The van der Waals surface area contributed by atoms with Gasteiger partial charge in [-0.3, -0.25) is 0 Å². The predicted octanol–water partition coefficient (Wildman–Crippen LogP) is 0.868. The summed E-state index contributed by atoms with van der Waals surface area (Å²) in [5.74, 6) is 0. The van der Waals surface area contributed by atoms with E-state index in [1.54, 1.807) is 13.8 Å². The largest absolute Gasteiger partial charge is 0.388 e. The lowest BCUT2D eigenvalue weighted by molar-refractivity contribution is -0.0838. The normalized spacial score (nSPS) is 21.2. The van der Waals surface area contributed by atoms with Gasteiger partial charge >= 0.3 is 0 Å². The Morgan fingerprint density at radius 2 is 2.08 bits per heavy atom. The van der Waals surface area contributed by atoms with E-state index in [0.29, 0.717) is 0 Å². The highest BCUT2D eigenvalue weighted by Gasteiger charge is 2.23. The molecule has 0 aromatic carbocycles. The van der Waals surface area contributed by atoms with E-state index in [1.165, 1.54) is 19.5 Å². The van der Waals surface area contributed by atoms with Crippen LogP contribution in [0.2, 0.25) is 0 Å². The van der Waals surface area contributed by atoms with Gasteiger partial charge in [0.15, 0.2) is 0 Å². The molecule has 1 saturated heterocycles. The quantitative estimate of drug-likeness (QED) is 0.693. The zero-order valence-electron chi connectivity index (χ0n) is 8.92. The molecule has 1 atom stereocenters. The van der Waals surface area contributed by atoms with Crippen LogP contribution in [0.3, 0.4) is 0 Å². The Hall–Kier alpha value is -0.120. The van der Waals surface area contributed by atoms with Crippen molar-refractivity contribution in [2.45, 2.75) is 38.9 Å². The summed E-state index contributed by atoms with van der Waals surface area (Å²) >= 11 is 0. The summed E-state index contributed by atoms with van der Waals surface area (Å²) in [6.07, 6.45) is 1.23. The minimum absolute atomic E-state index is 0.0891. The first-order chi connectivity index (χ1) is 6.00. The Morgan fingerprint density at radius 3 is 2.46 bits per heavy atom. The van der Waals surface area contributed by atoms with Crippen molar-refractivity contribution in [3.05, 3.63) is 0 Å². The van der Waals surface area contributed by atoms with Crippen LogP contribution in [0.25, 0.3) is 0 Å². The molecule has 0 aliphatic carbocycles. The van der Waals surface area contributed by atoms with Gasteiger partial charge in [-0.25, -0.2) is 0 Å². The summed E-state index contributed by atoms with van der Waals surface area (Å²) < 4.78 is 5.52. The van der Waals surface area contributed by atoms with Crippen LogP contribution in [0.1, 0.15) is 27.2 Å². The molecule has 1 aliphatic heterocycles. The lowest BCUT2D eigenvalue weighted by atomic mass is 10.0. The highest BCUT2D eigenvalue weighted by atomic mass is 16.5. The summed E-state index contributed by atoms with van der Waals surface area (Å²) in [6, 6.07) is 0. The fourth-order valence-corrected chi connectivity index (χ4v) is 1.17. The molecule has 0 saturated carbocycles. The molecule has 1 aliphatic rings. The molecule has 78 valence electrons. The van der Waals surface area contributed by atoms with E-state index in [2.05, 4.69) is 4.90 Å². The van der Waals surface area contributed by atoms with Gasteiger partial charge in [0.25, 0.3) is 0 Å². The van der Waals surface area contributed by atoms with Crippen LogP contribution in [0.5, 0.6) is 0 Å². The van der Waals surface area contributed by atoms with Crippen LogP contribution in [0.15, 0.2) is 0 Å². The van der Waals surface area contributed by atoms with Crippen molar-refractivity contribution in [1.82, 2.24) is 4.90 Å². The summed E-state index contributed by atoms with van der Waals surface area (Å²) in [7, 11) is 0. The minimum atomic E-state index is -0.727. The van der Waals surface area contributed by atoms with Gasteiger partial charge < -0.3 is 14.7 Å². The van der Waals surface area contributed by atoms with Gasteiger partial charge in [-0.1, -0.05) is 0 Å². The van der Waals surface area contributed by atoms with Crippen LogP contribution in [-0.4, -0.2) is 48.0 Å². The van der Waals surface area contributed by atoms with Crippen LogP contribution in [-0.2, 0) is 4.74 Å². The van der Waals surface area contributed by atoms with E-state index in [-0.39, 0.29) is 6.10 Å². The summed E-state index contributed by atoms with van der Waals surface area (Å²) in [5.41, 5.74) is -0.727. The Bertz CT molecular complexity index is 149. The van der Waals surface area contributed by atoms with E-state index >= 15 is 0 Å². The fourth-order valence-electron chi connectivity index (χ4n) is 1.17. The fraction of sp³-hybridized carbons (Fsp3) is 1.00. The van der Waals surface area contributed by atoms with Crippen molar-refractivity contribution in [1.29, 1.82) is 0 Å². The standard InChI is InChI=1S/C10H21NO2/c1-9(10(2,3)12)13-8-7-11-5-4-6-11/h9,12H,4-8H2,1-3H3/t9-/m0/s1. The van der Waals surface area contributed by atoms with E-state index in [4.69, 9.17) is 4.74 Å². The van der Waals surface area contributed by atoms with Gasteiger partial charge in [0.1, 0.15) is 0 Å². The van der Waals surface area contributed by atoms with Crippen molar-refractivity contribution in [3.63, 3.8) is 0 Å². The number of ether oxygens (including phenoxy) is 1. The zero-order valence-corrected chi connectivity index (χ0v) is 8.92. The van der Waals surface area contributed by atoms with Crippen molar-refractivity contribution < 1.29 is 9.84 Å². The Balaban J connectivity index is 2.04. The number of hydrogen-bond donors (Lipinski definition) is 1. The molecule has 0 bridgehead atoms. The van der Waals surface area contributed by atoms with E-state index in [1.807, 2.05) is 6.92 Å². The average molecular weight is 187 g/mol. The third-order valence-corrected chi connectivity index (χ3v) is 2.72. The molecule has 3 nitrogen and oxygen atoms in total. The summed E-state index contributed by atoms with van der Waals surface area (Å²) in [4.78, 5) is 2.36. The number of aliphatic hydroxyl groups is 1. The van der Waals surface area contributed by atoms with Crippen LogP contribution < -0.4 is 0 Å². The van der Waals surface area contributed by atoms with Crippen molar-refractivity contribution in [2.24, 2.45) is 0 Å². The van der Waals surface area contributed by atoms with Crippen molar-refractivity contribution >= 4 is 0 Å². The van der Waals surface area contributed by atoms with Gasteiger partial charge in [0, 0.05) is 6.54 Å². The predicted molar refractivity (Wildman–Crippen MR) is 52.8 cm³/mol. The van der Waals surface area contributed by atoms with Crippen LogP contribution in [0.4, 0.5) is 0 Å². The minimum Gasteiger partial charge on any atom is -0.388 e. The second-order valence-corrected chi connectivity index (χ2v) is 4.36. The van der Waals surface area contributed by atoms with Gasteiger partial charge in [-0.05, 0) is 40.3 Å². The molecular weight excluding hydrogens is 166 g/mol. The van der Waals surface area contributed by atoms with E-state index < -0.39 is 5.60 Å². The maximum atomic E-state index is 9.58. The maximum Gasteiger partial charge on any atom is 0.0849 e. The van der Waals surface area contributed by atoms with Crippen LogP contribution in [0, 0.1) is 0 Å². The molecule has 1 N–H and O–H groups in total. The van der Waals surface area contributed by atoms with E-state index in [0.717, 1.165) is 13.2 Å². The smallest absolute Gasteiger partial charge is 0.0849 e. The Morgan fingerprint density at radius 1 is 1.46 bits per heavy atom. The zero-order chi connectivity index (χ0) is 9.90. The first kappa shape index (κ1) is 11.0. The Labute approximate surface area is 80.7 Å². The van der Waals surface area contributed by atoms with Gasteiger partial charge in [0.2, 0.25) is 0 Å². The first-order valence-corrected chi connectivity index (χ1v) is 5.06. The van der Waals surface area contributed by atoms with Crippen molar-refractivity contribution in [3.8, 4) is 0 Å². The Kier molecular flexibility index (Phi) is 3.71. The highest BCUT2D eigenvalue weighted by Crippen LogP contribution is 2.12. The third kappa shape index (κ3) is 3.63. The maximum absolute atomic E-state index is 9.58. The highest BCUT2D eigenvalue weighted by molar-refractivity contribution is 4.74. The lowest BCUT2D eigenvalue weighted by Crippen LogP contribution is -2.42. The molecule has 3 heteroatoms. The SMILES string of the molecule is C[C@H](OCCN1CCC1)C(C)(C)O. The van der Waals surface area contributed by atoms with Gasteiger partial charge in [-0.15, -0.1) is 0 Å². The lowest BCUT2D eigenvalue weighted by Gasteiger charge is -2.32. The molecule has 1 heterocycles. The van der Waals surface area contributed by atoms with Gasteiger partial charge in [-0.2, -0.15) is 0 Å². The summed E-state index contributed by atoms with van der Waals surface area (Å²) in [6.45, 7) is 9.62. The average Bonchev–Trinajstić information content (AvgIpc) is 1.91. The molecule has 0 aromatic heterocycles. The molecule has 0 unspecified atom stereocenters. The summed E-state index contributed by atoms with van der Waals surface area (Å²) in [5, 5.41) is 9.58. The number of nitrogens with zero attached hydrogens (tertiary/aromatic N) is 1. The second kappa shape index (κ2) is 4.40. The molecule has 1 fully saturated rings. The number of rotatable bonds is 5. The molecule has 0 amide bonds. The number of likely N-dealkylation sites (tertiary alicyclic amines) is 1. The first-order valence-electron chi connectivity index (χ1n) is 5.06. The molecule has 0 radical (unpaired) electrons.